The lowest BCUT2D eigenvalue weighted by Crippen LogP contribution is -2.00. The SMILES string of the molecule is Cc1ccc(-c2nn(C)c(N)c2C(C)C)cc1Br. The van der Waals surface area contributed by atoms with E-state index >= 15 is 0 Å². The highest BCUT2D eigenvalue weighted by Crippen LogP contribution is 2.34. The number of nitrogens with zero attached hydrogens (tertiary/aromatic N) is 2. The highest BCUT2D eigenvalue weighted by molar-refractivity contribution is 9.10. The van der Waals surface area contributed by atoms with Crippen LogP contribution in [0.4, 0.5) is 5.82 Å². The zero-order chi connectivity index (χ0) is 13.4. The van der Waals surface area contributed by atoms with E-state index in [1.165, 1.54) is 5.56 Å². The van der Waals surface area contributed by atoms with Gasteiger partial charge < -0.3 is 5.73 Å². The predicted octanol–water partition coefficient (Wildman–Crippen LogP) is 3.86. The first-order valence-electron chi connectivity index (χ1n) is 6.00. The summed E-state index contributed by atoms with van der Waals surface area (Å²) in [5, 5.41) is 4.54. The molecule has 0 saturated heterocycles. The van der Waals surface area contributed by atoms with Gasteiger partial charge in [-0.25, -0.2) is 0 Å². The lowest BCUT2D eigenvalue weighted by molar-refractivity contribution is 0.780. The molecule has 0 saturated carbocycles. The van der Waals surface area contributed by atoms with E-state index < -0.39 is 0 Å². The minimum atomic E-state index is 0.355. The van der Waals surface area contributed by atoms with Gasteiger partial charge in [0.1, 0.15) is 5.82 Å². The molecule has 1 aromatic heterocycles. The Bertz CT molecular complexity index is 585. The Morgan fingerprint density at radius 3 is 2.56 bits per heavy atom. The Balaban J connectivity index is 2.63. The Kier molecular flexibility index (Phi) is 3.48. The van der Waals surface area contributed by atoms with E-state index in [0.29, 0.717) is 5.92 Å². The molecule has 0 bridgehead atoms. The zero-order valence-corrected chi connectivity index (χ0v) is 12.7. The number of anilines is 1. The quantitative estimate of drug-likeness (QED) is 0.915. The van der Waals surface area contributed by atoms with Gasteiger partial charge in [-0.1, -0.05) is 41.9 Å². The first-order valence-corrected chi connectivity index (χ1v) is 6.80. The van der Waals surface area contributed by atoms with Crippen molar-refractivity contribution in [3.05, 3.63) is 33.8 Å². The van der Waals surface area contributed by atoms with Gasteiger partial charge in [-0.3, -0.25) is 4.68 Å². The van der Waals surface area contributed by atoms with Gasteiger partial charge in [-0.15, -0.1) is 0 Å². The zero-order valence-electron chi connectivity index (χ0n) is 11.2. The van der Waals surface area contributed by atoms with Crippen molar-refractivity contribution < 1.29 is 0 Å². The van der Waals surface area contributed by atoms with E-state index in [0.717, 1.165) is 27.1 Å². The maximum absolute atomic E-state index is 6.10. The number of benzene rings is 1. The van der Waals surface area contributed by atoms with E-state index in [9.17, 15) is 0 Å². The van der Waals surface area contributed by atoms with Crippen molar-refractivity contribution in [2.24, 2.45) is 7.05 Å². The highest BCUT2D eigenvalue weighted by Gasteiger charge is 2.18. The number of rotatable bonds is 2. The van der Waals surface area contributed by atoms with Crippen LogP contribution in [-0.4, -0.2) is 9.78 Å². The topological polar surface area (TPSA) is 43.8 Å². The second-order valence-electron chi connectivity index (χ2n) is 4.89. The van der Waals surface area contributed by atoms with Crippen LogP contribution < -0.4 is 5.73 Å². The first-order chi connectivity index (χ1) is 8.41. The van der Waals surface area contributed by atoms with Gasteiger partial charge >= 0.3 is 0 Å². The largest absolute Gasteiger partial charge is 0.384 e. The number of halogens is 1. The van der Waals surface area contributed by atoms with Crippen molar-refractivity contribution in [1.29, 1.82) is 0 Å². The average molecular weight is 308 g/mol. The average Bonchev–Trinajstić information content (AvgIpc) is 2.59. The summed E-state index contributed by atoms with van der Waals surface area (Å²) in [4.78, 5) is 0. The van der Waals surface area contributed by atoms with Gasteiger partial charge in [0.15, 0.2) is 0 Å². The molecule has 0 amide bonds. The number of aryl methyl sites for hydroxylation is 2. The third kappa shape index (κ3) is 2.17. The monoisotopic (exact) mass is 307 g/mol. The van der Waals surface area contributed by atoms with Gasteiger partial charge in [0.2, 0.25) is 0 Å². The highest BCUT2D eigenvalue weighted by atomic mass is 79.9. The third-order valence-corrected chi connectivity index (χ3v) is 4.01. The predicted molar refractivity (Wildman–Crippen MR) is 79.6 cm³/mol. The second-order valence-corrected chi connectivity index (χ2v) is 5.74. The second kappa shape index (κ2) is 4.76. The summed E-state index contributed by atoms with van der Waals surface area (Å²) in [6, 6.07) is 6.28. The molecule has 4 heteroatoms. The number of nitrogen functional groups attached to an aromatic ring is 1. The smallest absolute Gasteiger partial charge is 0.125 e. The van der Waals surface area contributed by atoms with Crippen LogP contribution in [0, 0.1) is 6.92 Å². The van der Waals surface area contributed by atoms with Crippen molar-refractivity contribution in [3.63, 3.8) is 0 Å². The summed E-state index contributed by atoms with van der Waals surface area (Å²) in [7, 11) is 1.88. The Morgan fingerprint density at radius 1 is 1.33 bits per heavy atom. The molecule has 2 N–H and O–H groups in total. The molecule has 2 rings (SSSR count). The summed E-state index contributed by atoms with van der Waals surface area (Å²) in [5.74, 6) is 1.10. The lowest BCUT2D eigenvalue weighted by Gasteiger charge is -2.08. The molecular formula is C14H18BrN3. The van der Waals surface area contributed by atoms with Crippen LogP contribution in [0.15, 0.2) is 22.7 Å². The van der Waals surface area contributed by atoms with Crippen LogP contribution in [0.2, 0.25) is 0 Å². The first kappa shape index (κ1) is 13.1. The van der Waals surface area contributed by atoms with Crippen LogP contribution in [0.25, 0.3) is 11.3 Å². The van der Waals surface area contributed by atoms with Crippen molar-refractivity contribution in [3.8, 4) is 11.3 Å². The molecule has 0 atom stereocenters. The maximum atomic E-state index is 6.10. The molecule has 0 fully saturated rings. The van der Waals surface area contributed by atoms with E-state index in [-0.39, 0.29) is 0 Å². The Morgan fingerprint density at radius 2 is 2.00 bits per heavy atom. The number of hydrogen-bond acceptors (Lipinski definition) is 2. The molecule has 18 heavy (non-hydrogen) atoms. The lowest BCUT2D eigenvalue weighted by atomic mass is 9.98. The van der Waals surface area contributed by atoms with E-state index in [1.54, 1.807) is 4.68 Å². The molecule has 1 heterocycles. The number of nitrogens with two attached hydrogens (primary N) is 1. The summed E-state index contributed by atoms with van der Waals surface area (Å²) >= 11 is 3.56. The van der Waals surface area contributed by atoms with Crippen molar-refractivity contribution in [2.45, 2.75) is 26.7 Å². The molecule has 0 spiro atoms. The van der Waals surface area contributed by atoms with Crippen LogP contribution in [0.3, 0.4) is 0 Å². The van der Waals surface area contributed by atoms with Gasteiger partial charge in [0.05, 0.1) is 5.69 Å². The van der Waals surface area contributed by atoms with Crippen LogP contribution in [0.5, 0.6) is 0 Å². The van der Waals surface area contributed by atoms with Crippen LogP contribution in [0.1, 0.15) is 30.9 Å². The van der Waals surface area contributed by atoms with Crippen molar-refractivity contribution in [2.75, 3.05) is 5.73 Å². The molecule has 0 aliphatic heterocycles. The molecule has 2 aromatic rings. The van der Waals surface area contributed by atoms with E-state index in [2.05, 4.69) is 60.0 Å². The molecule has 3 nitrogen and oxygen atoms in total. The van der Waals surface area contributed by atoms with Gasteiger partial charge in [0.25, 0.3) is 0 Å². The standard InChI is InChI=1S/C14H18BrN3/c1-8(2)12-13(17-18(4)14(12)16)10-6-5-9(3)11(15)7-10/h5-8H,16H2,1-4H3. The maximum Gasteiger partial charge on any atom is 0.125 e. The summed E-state index contributed by atoms with van der Waals surface area (Å²) in [5.41, 5.74) is 10.5. The fraction of sp³-hybridized carbons (Fsp3) is 0.357. The van der Waals surface area contributed by atoms with Gasteiger partial charge in [-0.05, 0) is 24.5 Å². The van der Waals surface area contributed by atoms with Crippen LogP contribution in [-0.2, 0) is 7.05 Å². The molecule has 1 aromatic carbocycles. The fourth-order valence-electron chi connectivity index (χ4n) is 2.08. The Labute approximate surface area is 116 Å². The molecule has 0 unspecified atom stereocenters. The summed E-state index contributed by atoms with van der Waals surface area (Å²) < 4.78 is 2.84. The molecular weight excluding hydrogens is 290 g/mol. The fourth-order valence-corrected chi connectivity index (χ4v) is 2.45. The molecule has 0 aliphatic carbocycles. The molecule has 96 valence electrons. The summed E-state index contributed by atoms with van der Waals surface area (Å²) in [6.07, 6.45) is 0. The van der Waals surface area contributed by atoms with Gasteiger partial charge in [-0.2, -0.15) is 5.10 Å². The third-order valence-electron chi connectivity index (χ3n) is 3.15. The number of aromatic nitrogens is 2. The molecule has 0 aliphatic rings. The minimum Gasteiger partial charge on any atom is -0.384 e. The minimum absolute atomic E-state index is 0.355. The summed E-state index contributed by atoms with van der Waals surface area (Å²) in [6.45, 7) is 6.35. The molecule has 0 radical (unpaired) electrons. The normalized spacial score (nSPS) is 11.2. The number of hydrogen-bond donors (Lipinski definition) is 1. The van der Waals surface area contributed by atoms with Gasteiger partial charge in [0, 0.05) is 22.6 Å². The van der Waals surface area contributed by atoms with Crippen LogP contribution >= 0.6 is 15.9 Å². The van der Waals surface area contributed by atoms with E-state index in [4.69, 9.17) is 5.73 Å². The van der Waals surface area contributed by atoms with E-state index in [1.807, 2.05) is 7.05 Å². The van der Waals surface area contributed by atoms with Crippen molar-refractivity contribution in [1.82, 2.24) is 9.78 Å². The van der Waals surface area contributed by atoms with Crippen molar-refractivity contribution >= 4 is 21.7 Å². The Hall–Kier alpha value is -1.29.